The van der Waals surface area contributed by atoms with E-state index in [2.05, 4.69) is 22.1 Å². The highest BCUT2D eigenvalue weighted by Crippen LogP contribution is 2.23. The van der Waals surface area contributed by atoms with E-state index in [0.717, 1.165) is 29.3 Å². The maximum atomic E-state index is 9.04. The number of rotatable bonds is 5. The lowest BCUT2D eigenvalue weighted by Crippen LogP contribution is -1.99. The quantitative estimate of drug-likeness (QED) is 0.453. The molecule has 0 radical (unpaired) electrons. The van der Waals surface area contributed by atoms with Gasteiger partial charge in [-0.25, -0.2) is 9.97 Å². The molecule has 88 valence electrons. The average molecular weight is 246 g/mol. The van der Waals surface area contributed by atoms with E-state index >= 15 is 0 Å². The van der Waals surface area contributed by atoms with Gasteiger partial charge in [0, 0.05) is 6.42 Å². The Hall–Kier alpha value is -1.59. The summed E-state index contributed by atoms with van der Waals surface area (Å²) in [6.07, 6.45) is 2.45. The van der Waals surface area contributed by atoms with Gasteiger partial charge in [0.15, 0.2) is 0 Å². The fourth-order valence-electron chi connectivity index (χ4n) is 1.39. The highest BCUT2D eigenvalue weighted by Gasteiger charge is 2.09. The van der Waals surface area contributed by atoms with Crippen LogP contribution in [0, 0.1) is 36.5 Å². The van der Waals surface area contributed by atoms with Crippen LogP contribution in [0.4, 0.5) is 0 Å². The lowest BCUT2D eigenvalue weighted by atomic mass is 10.3. The van der Waals surface area contributed by atoms with Crippen molar-refractivity contribution in [2.45, 2.75) is 38.1 Å². The summed E-state index contributed by atoms with van der Waals surface area (Å²) >= 11 is 1.57. The van der Waals surface area contributed by atoms with Crippen LogP contribution in [0.25, 0.3) is 0 Å². The molecule has 0 spiro atoms. The summed E-state index contributed by atoms with van der Waals surface area (Å²) in [5, 5.41) is 18.2. The standard InChI is InChI=1S/C12H14N4S/c1-9-11(8-14)12(16-10(2)15-9)17-7-5-3-4-6-13/h3-5,7H2,1-2H3. The first-order chi connectivity index (χ1) is 8.19. The number of thioether (sulfide) groups is 1. The summed E-state index contributed by atoms with van der Waals surface area (Å²) in [5.74, 6) is 1.58. The van der Waals surface area contributed by atoms with Gasteiger partial charge < -0.3 is 0 Å². The highest BCUT2D eigenvalue weighted by atomic mass is 32.2. The Morgan fingerprint density at radius 1 is 1.18 bits per heavy atom. The summed E-state index contributed by atoms with van der Waals surface area (Å²) in [6, 6.07) is 4.26. The summed E-state index contributed by atoms with van der Waals surface area (Å²) in [7, 11) is 0. The van der Waals surface area contributed by atoms with Gasteiger partial charge in [-0.15, -0.1) is 11.8 Å². The lowest BCUT2D eigenvalue weighted by molar-refractivity contribution is 0.828. The molecule has 0 aromatic carbocycles. The monoisotopic (exact) mass is 246 g/mol. The fraction of sp³-hybridized carbons (Fsp3) is 0.500. The van der Waals surface area contributed by atoms with Crippen molar-refractivity contribution in [3.8, 4) is 12.1 Å². The number of unbranched alkanes of at least 4 members (excludes halogenated alkanes) is 2. The Balaban J connectivity index is 2.65. The van der Waals surface area contributed by atoms with Gasteiger partial charge in [0.2, 0.25) is 0 Å². The van der Waals surface area contributed by atoms with E-state index in [1.54, 1.807) is 11.8 Å². The molecule has 0 unspecified atom stereocenters. The molecule has 5 heteroatoms. The van der Waals surface area contributed by atoms with E-state index in [1.807, 2.05) is 13.8 Å². The smallest absolute Gasteiger partial charge is 0.126 e. The minimum absolute atomic E-state index is 0.570. The van der Waals surface area contributed by atoms with Crippen molar-refractivity contribution in [3.63, 3.8) is 0 Å². The number of nitrogens with zero attached hydrogens (tertiary/aromatic N) is 4. The van der Waals surface area contributed by atoms with Gasteiger partial charge in [-0.1, -0.05) is 0 Å². The summed E-state index contributed by atoms with van der Waals surface area (Å²) in [6.45, 7) is 3.65. The fourth-order valence-corrected chi connectivity index (χ4v) is 2.47. The number of hydrogen-bond donors (Lipinski definition) is 0. The van der Waals surface area contributed by atoms with Gasteiger partial charge in [-0.05, 0) is 32.4 Å². The van der Waals surface area contributed by atoms with Crippen molar-refractivity contribution in [2.24, 2.45) is 0 Å². The number of aryl methyl sites for hydroxylation is 2. The zero-order valence-corrected chi connectivity index (χ0v) is 10.8. The molecular weight excluding hydrogens is 232 g/mol. The molecule has 4 nitrogen and oxygen atoms in total. The molecule has 1 rings (SSSR count). The molecule has 0 saturated carbocycles. The van der Waals surface area contributed by atoms with Crippen LogP contribution in [0.3, 0.4) is 0 Å². The molecule has 17 heavy (non-hydrogen) atoms. The minimum Gasteiger partial charge on any atom is -0.237 e. The van der Waals surface area contributed by atoms with E-state index < -0.39 is 0 Å². The summed E-state index contributed by atoms with van der Waals surface area (Å²) in [5.41, 5.74) is 1.31. The molecule has 0 saturated heterocycles. The predicted molar refractivity (Wildman–Crippen MR) is 66.4 cm³/mol. The topological polar surface area (TPSA) is 73.4 Å². The Morgan fingerprint density at radius 3 is 2.59 bits per heavy atom. The van der Waals surface area contributed by atoms with Crippen LogP contribution in [0.1, 0.15) is 36.3 Å². The zero-order valence-electron chi connectivity index (χ0n) is 10.0. The van der Waals surface area contributed by atoms with Crippen molar-refractivity contribution in [1.29, 1.82) is 10.5 Å². The van der Waals surface area contributed by atoms with Gasteiger partial charge in [0.05, 0.1) is 11.8 Å². The van der Waals surface area contributed by atoms with Crippen molar-refractivity contribution >= 4 is 11.8 Å². The Kier molecular flexibility index (Phi) is 5.45. The first kappa shape index (κ1) is 13.5. The van der Waals surface area contributed by atoms with Crippen molar-refractivity contribution in [3.05, 3.63) is 17.1 Å². The van der Waals surface area contributed by atoms with Gasteiger partial charge in [0.1, 0.15) is 22.5 Å². The molecule has 1 aromatic heterocycles. The summed E-state index contributed by atoms with van der Waals surface area (Å²) < 4.78 is 0. The lowest BCUT2D eigenvalue weighted by Gasteiger charge is -2.05. The van der Waals surface area contributed by atoms with Crippen molar-refractivity contribution in [1.82, 2.24) is 9.97 Å². The molecule has 0 bridgehead atoms. The van der Waals surface area contributed by atoms with E-state index in [4.69, 9.17) is 10.5 Å². The number of nitriles is 2. The third kappa shape index (κ3) is 4.05. The average Bonchev–Trinajstić information content (AvgIpc) is 2.28. The minimum atomic E-state index is 0.570. The molecular formula is C12H14N4S. The van der Waals surface area contributed by atoms with E-state index in [-0.39, 0.29) is 0 Å². The van der Waals surface area contributed by atoms with Gasteiger partial charge in [-0.2, -0.15) is 10.5 Å². The molecule has 0 N–H and O–H groups in total. The Bertz CT molecular complexity index is 471. The van der Waals surface area contributed by atoms with E-state index in [9.17, 15) is 0 Å². The van der Waals surface area contributed by atoms with Crippen LogP contribution in [-0.4, -0.2) is 15.7 Å². The SMILES string of the molecule is Cc1nc(C)c(C#N)c(SCCCCC#N)n1. The van der Waals surface area contributed by atoms with Gasteiger partial charge >= 0.3 is 0 Å². The molecule has 0 aliphatic carbocycles. The Labute approximate surface area is 106 Å². The molecule has 0 fully saturated rings. The number of aromatic nitrogens is 2. The van der Waals surface area contributed by atoms with Gasteiger partial charge in [-0.3, -0.25) is 0 Å². The van der Waals surface area contributed by atoms with Crippen LogP contribution in [0.15, 0.2) is 5.03 Å². The van der Waals surface area contributed by atoms with Crippen molar-refractivity contribution < 1.29 is 0 Å². The number of hydrogen-bond acceptors (Lipinski definition) is 5. The highest BCUT2D eigenvalue weighted by molar-refractivity contribution is 7.99. The van der Waals surface area contributed by atoms with Crippen LogP contribution in [0.2, 0.25) is 0 Å². The molecule has 0 amide bonds. The van der Waals surface area contributed by atoms with Crippen molar-refractivity contribution in [2.75, 3.05) is 5.75 Å². The second-order valence-corrected chi connectivity index (χ2v) is 4.70. The zero-order chi connectivity index (χ0) is 12.7. The maximum Gasteiger partial charge on any atom is 0.126 e. The third-order valence-corrected chi connectivity index (χ3v) is 3.26. The second kappa shape index (κ2) is 6.88. The largest absolute Gasteiger partial charge is 0.237 e. The molecule has 1 aromatic rings. The van der Waals surface area contributed by atoms with Crippen LogP contribution in [0.5, 0.6) is 0 Å². The van der Waals surface area contributed by atoms with Gasteiger partial charge in [0.25, 0.3) is 0 Å². The molecule has 0 aliphatic rings. The predicted octanol–water partition coefficient (Wildman–Crippen LogP) is 2.75. The molecule has 1 heterocycles. The normalized spacial score (nSPS) is 9.65. The van der Waals surface area contributed by atoms with Crippen LogP contribution < -0.4 is 0 Å². The third-order valence-electron chi connectivity index (χ3n) is 2.20. The first-order valence-corrected chi connectivity index (χ1v) is 6.42. The maximum absolute atomic E-state index is 9.04. The summed E-state index contributed by atoms with van der Waals surface area (Å²) in [4.78, 5) is 8.46. The second-order valence-electron chi connectivity index (χ2n) is 3.61. The molecule has 0 atom stereocenters. The first-order valence-electron chi connectivity index (χ1n) is 5.44. The Morgan fingerprint density at radius 2 is 1.94 bits per heavy atom. The molecule has 0 aliphatic heterocycles. The van der Waals surface area contributed by atoms with E-state index in [0.29, 0.717) is 17.8 Å². The van der Waals surface area contributed by atoms with Crippen LogP contribution >= 0.6 is 11.8 Å². The van der Waals surface area contributed by atoms with E-state index in [1.165, 1.54) is 0 Å². The van der Waals surface area contributed by atoms with Crippen LogP contribution in [-0.2, 0) is 0 Å².